The fourth-order valence-corrected chi connectivity index (χ4v) is 3.03. The zero-order valence-corrected chi connectivity index (χ0v) is 19.7. The quantitative estimate of drug-likeness (QED) is 0.237. The van der Waals surface area contributed by atoms with E-state index in [1.807, 2.05) is 20.8 Å². The minimum absolute atomic E-state index is 0. The summed E-state index contributed by atoms with van der Waals surface area (Å²) in [6.07, 6.45) is 0. The van der Waals surface area contributed by atoms with E-state index in [2.05, 4.69) is 39.5 Å². The van der Waals surface area contributed by atoms with E-state index in [0.29, 0.717) is 17.2 Å². The van der Waals surface area contributed by atoms with Crippen LogP contribution >= 0.6 is 35.3 Å². The fourth-order valence-electron chi connectivity index (χ4n) is 2.07. The van der Waals surface area contributed by atoms with Crippen LogP contribution in [-0.4, -0.2) is 61.6 Å². The highest BCUT2D eigenvalue weighted by Crippen LogP contribution is 2.24. The largest absolute Gasteiger partial charge is 0.462 e. The summed E-state index contributed by atoms with van der Waals surface area (Å²) >= 11 is 1.37. The predicted octanol–water partition coefficient (Wildman–Crippen LogP) is 2.81. The smallest absolute Gasteiger partial charge is 0.350 e. The molecule has 0 aliphatic rings. The number of aliphatic imine (C=N–C) groups is 1. The summed E-state index contributed by atoms with van der Waals surface area (Å²) in [4.78, 5) is 23.8. The third-order valence-corrected chi connectivity index (χ3v) is 4.95. The Morgan fingerprint density at radius 2 is 2.08 bits per heavy atom. The number of carbonyl (C=O) groups is 1. The molecule has 9 heteroatoms. The maximum absolute atomic E-state index is 11.9. The minimum Gasteiger partial charge on any atom is -0.462 e. The average molecular weight is 497 g/mol. The Labute approximate surface area is 178 Å². The summed E-state index contributed by atoms with van der Waals surface area (Å²) in [6.45, 7) is 13.6. The maximum Gasteiger partial charge on any atom is 0.350 e. The number of nitrogens with one attached hydrogen (secondary N) is 2. The summed E-state index contributed by atoms with van der Waals surface area (Å²) < 4.78 is 5.08. The van der Waals surface area contributed by atoms with E-state index in [9.17, 15) is 4.79 Å². The zero-order chi connectivity index (χ0) is 18.8. The van der Waals surface area contributed by atoms with E-state index in [-0.39, 0.29) is 36.0 Å². The Balaban J connectivity index is 0.00000625. The summed E-state index contributed by atoms with van der Waals surface area (Å²) in [6, 6.07) is -0.0476. The third-order valence-electron chi connectivity index (χ3n) is 3.63. The average Bonchev–Trinajstić information content (AvgIpc) is 2.97. The lowest BCUT2D eigenvalue weighted by atomic mass is 10.3. The monoisotopic (exact) mass is 497 g/mol. The number of guanidine groups is 1. The number of ether oxygens (including phenoxy) is 1. The van der Waals surface area contributed by atoms with Crippen molar-refractivity contribution >= 4 is 47.2 Å². The number of nitrogens with zero attached hydrogens (tertiary/aromatic N) is 3. The Hall–Kier alpha value is -0.940. The van der Waals surface area contributed by atoms with Crippen molar-refractivity contribution in [2.75, 3.05) is 39.8 Å². The van der Waals surface area contributed by atoms with Crippen molar-refractivity contribution in [3.8, 4) is 0 Å². The van der Waals surface area contributed by atoms with E-state index in [4.69, 9.17) is 4.74 Å². The second-order valence-electron chi connectivity index (χ2n) is 5.71. The number of thiazole rings is 1. The Morgan fingerprint density at radius 1 is 1.38 bits per heavy atom. The van der Waals surface area contributed by atoms with Crippen LogP contribution in [0.5, 0.6) is 0 Å². The first-order valence-corrected chi connectivity index (χ1v) is 9.62. The molecule has 0 aromatic carbocycles. The van der Waals surface area contributed by atoms with Crippen LogP contribution in [0.4, 0.5) is 0 Å². The number of hydrogen-bond donors (Lipinski definition) is 2. The van der Waals surface area contributed by atoms with Crippen molar-refractivity contribution in [2.45, 2.75) is 40.7 Å². The van der Waals surface area contributed by atoms with Crippen LogP contribution in [0.3, 0.4) is 0 Å². The molecule has 150 valence electrons. The second-order valence-corrected chi connectivity index (χ2v) is 6.74. The van der Waals surface area contributed by atoms with Gasteiger partial charge in [-0.25, -0.2) is 9.78 Å². The number of hydrogen-bond acceptors (Lipinski definition) is 6. The molecular weight excluding hydrogens is 465 g/mol. The van der Waals surface area contributed by atoms with Crippen LogP contribution in [0, 0.1) is 6.92 Å². The van der Waals surface area contributed by atoms with Crippen molar-refractivity contribution in [1.29, 1.82) is 0 Å². The topological polar surface area (TPSA) is 78.9 Å². The Kier molecular flexibility index (Phi) is 12.8. The van der Waals surface area contributed by atoms with Gasteiger partial charge in [-0.3, -0.25) is 4.99 Å². The highest BCUT2D eigenvalue weighted by molar-refractivity contribution is 14.0. The maximum atomic E-state index is 11.9. The molecule has 0 radical (unpaired) electrons. The standard InChI is InChI=1S/C17H31N5O2S.HI/c1-7-18-17(19-10-11-22(6)8-2)21-13(5)15-20-12(4)14(25-15)16(23)24-9-3;/h13H,7-11H2,1-6H3,(H2,18,19,21);1H. The first kappa shape index (κ1) is 25.1. The van der Waals surface area contributed by atoms with E-state index in [0.717, 1.165) is 37.1 Å². The summed E-state index contributed by atoms with van der Waals surface area (Å²) in [5.74, 6) is 0.448. The normalized spacial score (nSPS) is 12.5. The van der Waals surface area contributed by atoms with E-state index >= 15 is 0 Å². The van der Waals surface area contributed by atoms with E-state index < -0.39 is 0 Å². The molecular formula is C17H32IN5O2S. The second kappa shape index (κ2) is 13.3. The summed E-state index contributed by atoms with van der Waals surface area (Å²) in [7, 11) is 2.08. The van der Waals surface area contributed by atoms with Crippen LogP contribution in [0.25, 0.3) is 0 Å². The van der Waals surface area contributed by atoms with Crippen LogP contribution in [-0.2, 0) is 4.74 Å². The van der Waals surface area contributed by atoms with Crippen molar-refractivity contribution in [3.05, 3.63) is 15.6 Å². The molecule has 0 saturated heterocycles. The summed E-state index contributed by atoms with van der Waals surface area (Å²) in [5.41, 5.74) is 0.707. The van der Waals surface area contributed by atoms with Crippen molar-refractivity contribution < 1.29 is 9.53 Å². The van der Waals surface area contributed by atoms with Gasteiger partial charge in [-0.1, -0.05) is 6.92 Å². The zero-order valence-electron chi connectivity index (χ0n) is 16.6. The molecule has 2 N–H and O–H groups in total. The molecule has 1 aromatic rings. The van der Waals surface area contributed by atoms with Gasteiger partial charge >= 0.3 is 5.97 Å². The van der Waals surface area contributed by atoms with Gasteiger partial charge in [-0.2, -0.15) is 0 Å². The van der Waals surface area contributed by atoms with Crippen LogP contribution in [0.1, 0.15) is 54.1 Å². The highest BCUT2D eigenvalue weighted by atomic mass is 127. The minimum atomic E-state index is -0.306. The predicted molar refractivity (Wildman–Crippen MR) is 119 cm³/mol. The molecule has 0 saturated carbocycles. The number of aromatic nitrogens is 1. The molecule has 0 aliphatic heterocycles. The van der Waals surface area contributed by atoms with Gasteiger partial charge in [0.1, 0.15) is 9.88 Å². The van der Waals surface area contributed by atoms with Gasteiger partial charge in [0, 0.05) is 13.1 Å². The van der Waals surface area contributed by atoms with Gasteiger partial charge in [0.2, 0.25) is 0 Å². The molecule has 0 fully saturated rings. The first-order chi connectivity index (χ1) is 11.9. The number of likely N-dealkylation sites (N-methyl/N-ethyl adjacent to an activating group) is 1. The number of carbonyl (C=O) groups excluding carboxylic acids is 1. The molecule has 26 heavy (non-hydrogen) atoms. The number of rotatable bonds is 9. The molecule has 7 nitrogen and oxygen atoms in total. The fraction of sp³-hybridized carbons (Fsp3) is 0.706. The SMILES string of the molecule is CCNC(=NCCN(C)CC)NC(C)c1nc(C)c(C(=O)OCC)s1.I. The van der Waals surface area contributed by atoms with Crippen molar-refractivity contribution in [3.63, 3.8) is 0 Å². The van der Waals surface area contributed by atoms with Gasteiger partial charge in [0.15, 0.2) is 5.96 Å². The Morgan fingerprint density at radius 3 is 2.65 bits per heavy atom. The lowest BCUT2D eigenvalue weighted by molar-refractivity contribution is 0.0531. The van der Waals surface area contributed by atoms with Gasteiger partial charge in [0.25, 0.3) is 0 Å². The van der Waals surface area contributed by atoms with E-state index in [1.165, 1.54) is 11.3 Å². The van der Waals surface area contributed by atoms with Gasteiger partial charge in [0.05, 0.1) is 24.9 Å². The lowest BCUT2D eigenvalue weighted by Gasteiger charge is -2.17. The van der Waals surface area contributed by atoms with Crippen LogP contribution in [0.15, 0.2) is 4.99 Å². The highest BCUT2D eigenvalue weighted by Gasteiger charge is 2.20. The molecule has 0 bridgehead atoms. The first-order valence-electron chi connectivity index (χ1n) is 8.80. The van der Waals surface area contributed by atoms with Gasteiger partial charge in [-0.15, -0.1) is 35.3 Å². The number of halogens is 1. The molecule has 1 aromatic heterocycles. The van der Waals surface area contributed by atoms with Gasteiger partial charge < -0.3 is 20.3 Å². The van der Waals surface area contributed by atoms with Crippen LogP contribution in [0.2, 0.25) is 0 Å². The Bertz CT molecular complexity index is 579. The van der Waals surface area contributed by atoms with Gasteiger partial charge in [-0.05, 0) is 41.3 Å². The number of esters is 1. The molecule has 1 rings (SSSR count). The number of aryl methyl sites for hydroxylation is 1. The molecule has 1 heterocycles. The molecule has 1 unspecified atom stereocenters. The van der Waals surface area contributed by atoms with Crippen molar-refractivity contribution in [2.24, 2.45) is 4.99 Å². The van der Waals surface area contributed by atoms with Crippen LogP contribution < -0.4 is 10.6 Å². The molecule has 1 atom stereocenters. The molecule has 0 amide bonds. The van der Waals surface area contributed by atoms with Crippen molar-refractivity contribution in [1.82, 2.24) is 20.5 Å². The third kappa shape index (κ3) is 8.17. The molecule has 0 aliphatic carbocycles. The summed E-state index contributed by atoms with van der Waals surface area (Å²) in [5, 5.41) is 7.44. The van der Waals surface area contributed by atoms with E-state index in [1.54, 1.807) is 6.92 Å². The molecule has 0 spiro atoms. The lowest BCUT2D eigenvalue weighted by Crippen LogP contribution is -2.39.